The van der Waals surface area contributed by atoms with Crippen molar-refractivity contribution < 1.29 is 17.9 Å². The van der Waals surface area contributed by atoms with Gasteiger partial charge >= 0.3 is 0 Å². The van der Waals surface area contributed by atoms with Gasteiger partial charge in [0.15, 0.2) is 6.10 Å². The molecule has 8 heteroatoms. The summed E-state index contributed by atoms with van der Waals surface area (Å²) in [5, 5.41) is 2.84. The highest BCUT2D eigenvalue weighted by Crippen LogP contribution is 2.36. The van der Waals surface area contributed by atoms with E-state index in [9.17, 15) is 13.2 Å². The molecule has 29 heavy (non-hydrogen) atoms. The number of carbonyl (C=O) groups excluding carboxylic acids is 1. The third kappa shape index (κ3) is 4.17. The second-order valence-electron chi connectivity index (χ2n) is 7.60. The Hall–Kier alpha value is -2.74. The fourth-order valence-electron chi connectivity index (χ4n) is 3.77. The molecule has 0 bridgehead atoms. The number of nitrogens with one attached hydrogen (secondary N) is 1. The van der Waals surface area contributed by atoms with Gasteiger partial charge in [-0.1, -0.05) is 6.07 Å². The fourth-order valence-corrected chi connectivity index (χ4v) is 4.67. The van der Waals surface area contributed by atoms with E-state index in [1.165, 1.54) is 17.1 Å². The lowest BCUT2D eigenvalue weighted by atomic mass is 10.1. The van der Waals surface area contributed by atoms with Gasteiger partial charge < -0.3 is 15.0 Å². The third-order valence-corrected chi connectivity index (χ3v) is 6.43. The summed E-state index contributed by atoms with van der Waals surface area (Å²) in [5.41, 5.74) is 3.18. The number of ether oxygens (including phenoxy) is 1. The molecule has 2 aromatic rings. The van der Waals surface area contributed by atoms with Crippen molar-refractivity contribution in [2.75, 3.05) is 40.4 Å². The standard InChI is InChI=1S/C21H25N3O4S/c1-15-5-10-19-18(13-15)24(29(2,26)27)14-20(28-19)21(25)22-16-6-8-17(9-7-16)23-11-3-4-12-23/h5-10,13,20H,3-4,11-12,14H2,1-2H3,(H,22,25)/t20-/m0/s1. The monoisotopic (exact) mass is 415 g/mol. The number of hydrogen-bond acceptors (Lipinski definition) is 5. The molecule has 7 nitrogen and oxygen atoms in total. The SMILES string of the molecule is Cc1ccc2c(c1)N(S(C)(=O)=O)C[C@@H](C(=O)Nc1ccc(N3CCCC3)cc1)O2. The van der Waals surface area contributed by atoms with Crippen LogP contribution >= 0.6 is 0 Å². The van der Waals surface area contributed by atoms with E-state index in [0.29, 0.717) is 17.1 Å². The van der Waals surface area contributed by atoms with Crippen LogP contribution in [0, 0.1) is 6.92 Å². The number of fused-ring (bicyclic) bond motifs is 1. The van der Waals surface area contributed by atoms with Gasteiger partial charge in [-0.05, 0) is 61.7 Å². The van der Waals surface area contributed by atoms with Crippen LogP contribution in [0.1, 0.15) is 18.4 Å². The van der Waals surface area contributed by atoms with Crippen LogP contribution in [-0.4, -0.2) is 46.3 Å². The topological polar surface area (TPSA) is 79.0 Å². The number of anilines is 3. The first-order chi connectivity index (χ1) is 13.8. The molecule has 1 N–H and O–H groups in total. The van der Waals surface area contributed by atoms with E-state index in [4.69, 9.17) is 4.74 Å². The highest BCUT2D eigenvalue weighted by Gasteiger charge is 2.35. The molecule has 0 aliphatic carbocycles. The number of hydrogen-bond donors (Lipinski definition) is 1. The number of amides is 1. The second kappa shape index (κ2) is 7.59. The summed E-state index contributed by atoms with van der Waals surface area (Å²) in [5.74, 6) is 0.00982. The van der Waals surface area contributed by atoms with E-state index >= 15 is 0 Å². The normalized spacial score (nSPS) is 18.9. The van der Waals surface area contributed by atoms with Crippen LogP contribution < -0.4 is 19.3 Å². The smallest absolute Gasteiger partial charge is 0.267 e. The van der Waals surface area contributed by atoms with Crippen LogP contribution in [0.4, 0.5) is 17.1 Å². The Morgan fingerprint density at radius 2 is 1.79 bits per heavy atom. The molecule has 0 aromatic heterocycles. The summed E-state index contributed by atoms with van der Waals surface area (Å²) in [4.78, 5) is 15.1. The van der Waals surface area contributed by atoms with Crippen LogP contribution in [0.25, 0.3) is 0 Å². The highest BCUT2D eigenvalue weighted by atomic mass is 32.2. The zero-order valence-electron chi connectivity index (χ0n) is 16.6. The van der Waals surface area contributed by atoms with Gasteiger partial charge in [0.1, 0.15) is 5.75 Å². The van der Waals surface area contributed by atoms with Crippen molar-refractivity contribution in [1.29, 1.82) is 0 Å². The molecule has 2 aromatic carbocycles. The molecular weight excluding hydrogens is 390 g/mol. The van der Waals surface area contributed by atoms with Crippen molar-refractivity contribution in [2.45, 2.75) is 25.9 Å². The minimum atomic E-state index is -3.54. The average molecular weight is 416 g/mol. The Morgan fingerprint density at radius 3 is 2.45 bits per heavy atom. The maximum absolute atomic E-state index is 12.8. The van der Waals surface area contributed by atoms with E-state index in [-0.39, 0.29) is 12.5 Å². The van der Waals surface area contributed by atoms with Gasteiger partial charge in [-0.2, -0.15) is 0 Å². The molecule has 2 aliphatic rings. The Labute approximate surface area is 171 Å². The lowest BCUT2D eigenvalue weighted by molar-refractivity contribution is -0.122. The van der Waals surface area contributed by atoms with Gasteiger partial charge in [0, 0.05) is 24.5 Å². The molecule has 154 valence electrons. The molecule has 1 saturated heterocycles. The maximum atomic E-state index is 12.8. The molecule has 0 spiro atoms. The first-order valence-electron chi connectivity index (χ1n) is 9.72. The van der Waals surface area contributed by atoms with Crippen LogP contribution in [0.3, 0.4) is 0 Å². The van der Waals surface area contributed by atoms with Crippen LogP contribution in [0.2, 0.25) is 0 Å². The van der Waals surface area contributed by atoms with E-state index in [0.717, 1.165) is 30.6 Å². The predicted octanol–water partition coefficient (Wildman–Crippen LogP) is 2.76. The number of aryl methyl sites for hydroxylation is 1. The summed E-state index contributed by atoms with van der Waals surface area (Å²) in [6, 6.07) is 13.0. The molecule has 1 fully saturated rings. The van der Waals surface area contributed by atoms with Crippen molar-refractivity contribution >= 4 is 33.0 Å². The first-order valence-corrected chi connectivity index (χ1v) is 11.6. The van der Waals surface area contributed by atoms with Crippen molar-refractivity contribution in [3.63, 3.8) is 0 Å². The van der Waals surface area contributed by atoms with Gasteiger partial charge in [0.25, 0.3) is 5.91 Å². The number of benzene rings is 2. The quantitative estimate of drug-likeness (QED) is 0.831. The summed E-state index contributed by atoms with van der Waals surface area (Å²) in [6.45, 7) is 3.93. The Bertz CT molecular complexity index is 1010. The zero-order valence-corrected chi connectivity index (χ0v) is 17.4. The lowest BCUT2D eigenvalue weighted by Crippen LogP contribution is -2.48. The van der Waals surface area contributed by atoms with Gasteiger partial charge in [-0.15, -0.1) is 0 Å². The molecule has 2 heterocycles. The number of nitrogens with zero attached hydrogens (tertiary/aromatic N) is 2. The Kier molecular flexibility index (Phi) is 5.12. The minimum absolute atomic E-state index is 0.0625. The zero-order chi connectivity index (χ0) is 20.6. The van der Waals surface area contributed by atoms with Crippen molar-refractivity contribution in [3.05, 3.63) is 48.0 Å². The molecule has 1 atom stereocenters. The molecule has 0 saturated carbocycles. The van der Waals surface area contributed by atoms with E-state index in [1.54, 1.807) is 12.1 Å². The van der Waals surface area contributed by atoms with E-state index < -0.39 is 16.1 Å². The minimum Gasteiger partial charge on any atom is -0.476 e. The average Bonchev–Trinajstić information content (AvgIpc) is 3.21. The van der Waals surface area contributed by atoms with Crippen LogP contribution in [-0.2, 0) is 14.8 Å². The van der Waals surface area contributed by atoms with Gasteiger partial charge in [-0.25, -0.2) is 8.42 Å². The molecular formula is C21H25N3O4S. The number of rotatable bonds is 4. The first kappa shape index (κ1) is 19.6. The van der Waals surface area contributed by atoms with Crippen molar-refractivity contribution in [3.8, 4) is 5.75 Å². The molecule has 4 rings (SSSR count). The predicted molar refractivity (Wildman–Crippen MR) is 114 cm³/mol. The fraction of sp³-hybridized carbons (Fsp3) is 0.381. The molecule has 0 radical (unpaired) electrons. The summed E-state index contributed by atoms with van der Waals surface area (Å²) < 4.78 is 31.6. The largest absolute Gasteiger partial charge is 0.476 e. The number of sulfonamides is 1. The van der Waals surface area contributed by atoms with Crippen molar-refractivity contribution in [1.82, 2.24) is 0 Å². The van der Waals surface area contributed by atoms with Crippen LogP contribution in [0.5, 0.6) is 5.75 Å². The summed E-state index contributed by atoms with van der Waals surface area (Å²) >= 11 is 0. The second-order valence-corrected chi connectivity index (χ2v) is 9.51. The Morgan fingerprint density at radius 1 is 1.10 bits per heavy atom. The van der Waals surface area contributed by atoms with E-state index in [1.807, 2.05) is 37.3 Å². The maximum Gasteiger partial charge on any atom is 0.267 e. The number of carbonyl (C=O) groups is 1. The highest BCUT2D eigenvalue weighted by molar-refractivity contribution is 7.92. The molecule has 0 unspecified atom stereocenters. The van der Waals surface area contributed by atoms with Gasteiger partial charge in [0.2, 0.25) is 10.0 Å². The van der Waals surface area contributed by atoms with Gasteiger partial charge in [-0.3, -0.25) is 9.10 Å². The summed E-state index contributed by atoms with van der Waals surface area (Å²) in [7, 11) is -3.54. The summed E-state index contributed by atoms with van der Waals surface area (Å²) in [6.07, 6.45) is 2.61. The van der Waals surface area contributed by atoms with Crippen molar-refractivity contribution in [2.24, 2.45) is 0 Å². The molecule has 1 amide bonds. The Balaban J connectivity index is 1.50. The van der Waals surface area contributed by atoms with Crippen LogP contribution in [0.15, 0.2) is 42.5 Å². The van der Waals surface area contributed by atoms with Gasteiger partial charge in [0.05, 0.1) is 18.5 Å². The molecule has 2 aliphatic heterocycles. The van der Waals surface area contributed by atoms with E-state index in [2.05, 4.69) is 10.2 Å². The third-order valence-electron chi connectivity index (χ3n) is 5.28. The lowest BCUT2D eigenvalue weighted by Gasteiger charge is -2.34.